The molecule has 0 fully saturated rings. The van der Waals surface area contributed by atoms with E-state index in [1.165, 1.54) is 0 Å². The molecule has 0 aliphatic carbocycles. The quantitative estimate of drug-likeness (QED) is 0.289. The van der Waals surface area contributed by atoms with Crippen molar-refractivity contribution in [2.24, 2.45) is 10.9 Å². The molecule has 2 aromatic rings. The van der Waals surface area contributed by atoms with Gasteiger partial charge >= 0.3 is 18.3 Å². The number of hydrogen-bond acceptors (Lipinski definition) is 5. The zero-order valence-electron chi connectivity index (χ0n) is 12.8. The van der Waals surface area contributed by atoms with Crippen molar-refractivity contribution >= 4 is 11.8 Å². The molecular weight excluding hydrogens is 372 g/mol. The Bertz CT molecular complexity index is 837. The van der Waals surface area contributed by atoms with Gasteiger partial charge in [-0.05, 0) is 19.1 Å². The zero-order valence-corrected chi connectivity index (χ0v) is 12.8. The number of nitrogens with zero attached hydrogens (tertiary/aromatic N) is 2. The molecule has 0 aliphatic rings. The molecule has 0 saturated heterocycles. The Balaban J connectivity index is 2.19. The maximum atomic E-state index is 12.7. The van der Waals surface area contributed by atoms with Crippen LogP contribution in [0.3, 0.4) is 0 Å². The van der Waals surface area contributed by atoms with Gasteiger partial charge in [0, 0.05) is 5.56 Å². The van der Waals surface area contributed by atoms with Gasteiger partial charge < -0.3 is 15.1 Å². The highest BCUT2D eigenvalue weighted by Crippen LogP contribution is 2.33. The second-order valence-corrected chi connectivity index (χ2v) is 4.90. The maximum absolute atomic E-state index is 12.7. The Morgan fingerprint density at radius 1 is 1.12 bits per heavy atom. The SMILES string of the molecule is Cc1noc(C(F)(F)F)c1C(=O)ON=C(N)c1ccc(C(F)(F)F)cc1. The van der Waals surface area contributed by atoms with E-state index in [-0.39, 0.29) is 11.3 Å². The van der Waals surface area contributed by atoms with Crippen molar-refractivity contribution in [1.29, 1.82) is 0 Å². The van der Waals surface area contributed by atoms with Gasteiger partial charge in [-0.3, -0.25) is 0 Å². The van der Waals surface area contributed by atoms with E-state index in [1.807, 2.05) is 0 Å². The molecule has 0 amide bonds. The van der Waals surface area contributed by atoms with Crippen LogP contribution in [0.15, 0.2) is 33.9 Å². The Labute approximate surface area is 141 Å². The monoisotopic (exact) mass is 381 g/mol. The molecule has 2 rings (SSSR count). The number of hydrogen-bond donors (Lipinski definition) is 1. The first-order valence-electron chi connectivity index (χ1n) is 6.67. The van der Waals surface area contributed by atoms with E-state index in [4.69, 9.17) is 5.73 Å². The molecule has 1 aromatic carbocycles. The van der Waals surface area contributed by atoms with Crippen molar-refractivity contribution in [2.45, 2.75) is 19.3 Å². The van der Waals surface area contributed by atoms with E-state index >= 15 is 0 Å². The van der Waals surface area contributed by atoms with Crippen molar-refractivity contribution in [3.63, 3.8) is 0 Å². The van der Waals surface area contributed by atoms with Gasteiger partial charge in [0.25, 0.3) is 5.76 Å². The number of amidine groups is 1. The van der Waals surface area contributed by atoms with Gasteiger partial charge in [-0.15, -0.1) is 0 Å². The Hall–Kier alpha value is -3.05. The predicted molar refractivity (Wildman–Crippen MR) is 73.8 cm³/mol. The number of aromatic nitrogens is 1. The highest BCUT2D eigenvalue weighted by molar-refractivity contribution is 5.98. The van der Waals surface area contributed by atoms with Gasteiger partial charge in [0.15, 0.2) is 5.84 Å². The predicted octanol–water partition coefficient (Wildman–Crippen LogP) is 3.50. The molecule has 1 aromatic heterocycles. The minimum Gasteiger partial charge on any atom is -0.380 e. The number of alkyl halides is 6. The van der Waals surface area contributed by atoms with Crippen LogP contribution in [0, 0.1) is 6.92 Å². The molecule has 0 radical (unpaired) electrons. The van der Waals surface area contributed by atoms with Crippen LogP contribution in [0.2, 0.25) is 0 Å². The third-order valence-electron chi connectivity index (χ3n) is 3.06. The molecule has 2 N–H and O–H groups in total. The van der Waals surface area contributed by atoms with Gasteiger partial charge in [0.2, 0.25) is 0 Å². The summed E-state index contributed by atoms with van der Waals surface area (Å²) in [6.07, 6.45) is -9.55. The molecule has 0 saturated carbocycles. The summed E-state index contributed by atoms with van der Waals surface area (Å²) >= 11 is 0. The third kappa shape index (κ3) is 4.13. The molecule has 0 unspecified atom stereocenters. The van der Waals surface area contributed by atoms with Crippen LogP contribution in [-0.2, 0) is 17.2 Å². The third-order valence-corrected chi connectivity index (χ3v) is 3.06. The van der Waals surface area contributed by atoms with Crippen LogP contribution < -0.4 is 5.73 Å². The molecular formula is C14H9F6N3O3. The molecule has 6 nitrogen and oxygen atoms in total. The second kappa shape index (κ2) is 6.69. The first kappa shape index (κ1) is 19.3. The van der Waals surface area contributed by atoms with Gasteiger partial charge in [-0.1, -0.05) is 22.4 Å². The number of benzene rings is 1. The molecule has 26 heavy (non-hydrogen) atoms. The number of oxime groups is 1. The van der Waals surface area contributed by atoms with E-state index < -0.39 is 41.0 Å². The van der Waals surface area contributed by atoms with Crippen LogP contribution >= 0.6 is 0 Å². The summed E-state index contributed by atoms with van der Waals surface area (Å²) in [7, 11) is 0. The van der Waals surface area contributed by atoms with Crippen LogP contribution in [0.1, 0.15) is 32.9 Å². The second-order valence-electron chi connectivity index (χ2n) is 4.90. The summed E-state index contributed by atoms with van der Waals surface area (Å²) in [4.78, 5) is 16.1. The first-order valence-corrected chi connectivity index (χ1v) is 6.67. The van der Waals surface area contributed by atoms with Crippen molar-refractivity contribution < 1.29 is 40.5 Å². The zero-order chi connectivity index (χ0) is 19.7. The topological polar surface area (TPSA) is 90.7 Å². The van der Waals surface area contributed by atoms with Gasteiger partial charge in [-0.2, -0.15) is 26.3 Å². The Kier molecular flexibility index (Phi) is 4.96. The number of nitrogens with two attached hydrogens (primary N) is 1. The number of aryl methyl sites for hydroxylation is 1. The fourth-order valence-electron chi connectivity index (χ4n) is 1.82. The van der Waals surface area contributed by atoms with Gasteiger partial charge in [0.1, 0.15) is 5.56 Å². The van der Waals surface area contributed by atoms with Gasteiger partial charge in [-0.25, -0.2) is 4.79 Å². The standard InChI is InChI=1S/C14H9F6N3O3/c1-6-9(10(25-22-6)14(18,19)20)12(24)26-23-11(21)7-2-4-8(5-3-7)13(15,16)17/h2-5H,1H3,(H2,21,23). The highest BCUT2D eigenvalue weighted by Gasteiger charge is 2.42. The maximum Gasteiger partial charge on any atom is 0.453 e. The molecule has 0 spiro atoms. The summed E-state index contributed by atoms with van der Waals surface area (Å²) in [5, 5.41) is 6.17. The number of carbonyl (C=O) groups is 1. The number of carbonyl (C=O) groups excluding carboxylic acids is 1. The van der Waals surface area contributed by atoms with Crippen molar-refractivity contribution in [1.82, 2.24) is 5.16 Å². The molecule has 12 heteroatoms. The molecule has 0 atom stereocenters. The number of rotatable bonds is 3. The Morgan fingerprint density at radius 3 is 2.19 bits per heavy atom. The average Bonchev–Trinajstić information content (AvgIpc) is 2.93. The highest BCUT2D eigenvalue weighted by atomic mass is 19.4. The van der Waals surface area contributed by atoms with E-state index in [0.717, 1.165) is 19.1 Å². The molecule has 140 valence electrons. The normalized spacial score (nSPS) is 13.0. The lowest BCUT2D eigenvalue weighted by Crippen LogP contribution is -2.17. The minimum absolute atomic E-state index is 0.0381. The van der Waals surface area contributed by atoms with Crippen molar-refractivity contribution in [3.05, 3.63) is 52.4 Å². The lowest BCUT2D eigenvalue weighted by Gasteiger charge is -2.07. The summed E-state index contributed by atoms with van der Waals surface area (Å²) in [6, 6.07) is 3.35. The fourth-order valence-corrected chi connectivity index (χ4v) is 1.82. The van der Waals surface area contributed by atoms with Crippen LogP contribution in [0.4, 0.5) is 26.3 Å². The smallest absolute Gasteiger partial charge is 0.380 e. The molecule has 0 bridgehead atoms. The lowest BCUT2D eigenvalue weighted by molar-refractivity contribution is -0.156. The summed E-state index contributed by atoms with van der Waals surface area (Å²) in [5.41, 5.74) is 3.10. The summed E-state index contributed by atoms with van der Waals surface area (Å²) in [6.45, 7) is 1.08. The Morgan fingerprint density at radius 2 is 1.69 bits per heavy atom. The fraction of sp³-hybridized carbons (Fsp3) is 0.214. The van der Waals surface area contributed by atoms with Gasteiger partial charge in [0.05, 0.1) is 11.3 Å². The van der Waals surface area contributed by atoms with E-state index in [0.29, 0.717) is 12.1 Å². The van der Waals surface area contributed by atoms with Crippen LogP contribution in [-0.4, -0.2) is 17.0 Å². The molecule has 1 heterocycles. The van der Waals surface area contributed by atoms with Crippen molar-refractivity contribution in [2.75, 3.05) is 0 Å². The largest absolute Gasteiger partial charge is 0.453 e. The van der Waals surface area contributed by atoms with Crippen LogP contribution in [0.5, 0.6) is 0 Å². The van der Waals surface area contributed by atoms with E-state index in [2.05, 4.69) is 19.7 Å². The van der Waals surface area contributed by atoms with E-state index in [9.17, 15) is 31.1 Å². The number of halogens is 6. The lowest BCUT2D eigenvalue weighted by atomic mass is 10.1. The molecule has 0 aliphatic heterocycles. The van der Waals surface area contributed by atoms with Crippen LogP contribution in [0.25, 0.3) is 0 Å². The summed E-state index contributed by atoms with van der Waals surface area (Å²) < 4.78 is 79.6. The summed E-state index contributed by atoms with van der Waals surface area (Å²) in [5.74, 6) is -3.72. The minimum atomic E-state index is -4.99. The average molecular weight is 381 g/mol. The van der Waals surface area contributed by atoms with Crippen molar-refractivity contribution in [3.8, 4) is 0 Å². The van der Waals surface area contributed by atoms with E-state index in [1.54, 1.807) is 0 Å². The first-order chi connectivity index (χ1) is 11.9.